The second-order valence-corrected chi connectivity index (χ2v) is 7.73. The van der Waals surface area contributed by atoms with Gasteiger partial charge in [0.15, 0.2) is 0 Å². The monoisotopic (exact) mass is 381 g/mol. The highest BCUT2D eigenvalue weighted by Gasteiger charge is 2.50. The largest absolute Gasteiger partial charge is 0.494 e. The molecule has 5 heteroatoms. The molecule has 4 rings (SSSR count). The molecular weight excluding hydrogens is 354 g/mol. The van der Waals surface area contributed by atoms with Crippen LogP contribution >= 0.6 is 0 Å². The first-order chi connectivity index (χ1) is 13.6. The Morgan fingerprint density at radius 1 is 1.07 bits per heavy atom. The highest BCUT2D eigenvalue weighted by Crippen LogP contribution is 2.46. The number of benzene rings is 2. The van der Waals surface area contributed by atoms with Crippen LogP contribution in [0.1, 0.15) is 43.7 Å². The van der Waals surface area contributed by atoms with Gasteiger partial charge in [-0.25, -0.2) is 4.79 Å². The number of hydrogen-bond acceptors (Lipinski definition) is 4. The predicted octanol–water partition coefficient (Wildman–Crippen LogP) is 4.24. The molecule has 2 heterocycles. The normalized spacial score (nSPS) is 26.1. The molecule has 0 saturated carbocycles. The van der Waals surface area contributed by atoms with Crippen LogP contribution in [-0.2, 0) is 16.9 Å². The van der Waals surface area contributed by atoms with E-state index >= 15 is 0 Å². The van der Waals surface area contributed by atoms with E-state index in [0.29, 0.717) is 19.4 Å². The molecule has 0 radical (unpaired) electrons. The molecule has 2 atom stereocenters. The van der Waals surface area contributed by atoms with Gasteiger partial charge in [0.2, 0.25) is 0 Å². The lowest BCUT2D eigenvalue weighted by atomic mass is 9.80. The predicted molar refractivity (Wildman–Crippen MR) is 106 cm³/mol. The van der Waals surface area contributed by atoms with E-state index in [1.165, 1.54) is 0 Å². The Morgan fingerprint density at radius 2 is 1.71 bits per heavy atom. The van der Waals surface area contributed by atoms with Gasteiger partial charge in [-0.15, -0.1) is 0 Å². The van der Waals surface area contributed by atoms with E-state index in [-0.39, 0.29) is 24.8 Å². The Hall–Kier alpha value is -2.53. The van der Waals surface area contributed by atoms with E-state index in [0.717, 1.165) is 29.7 Å². The molecule has 148 valence electrons. The third-order valence-electron chi connectivity index (χ3n) is 5.89. The van der Waals surface area contributed by atoms with E-state index in [1.54, 1.807) is 0 Å². The lowest BCUT2D eigenvalue weighted by molar-refractivity contribution is -0.0537. The summed E-state index contributed by atoms with van der Waals surface area (Å²) < 4.78 is 11.1. The van der Waals surface area contributed by atoms with Gasteiger partial charge in [-0.05, 0) is 43.0 Å². The Labute approximate surface area is 165 Å². The number of hydrogen-bond donors (Lipinski definition) is 1. The lowest BCUT2D eigenvalue weighted by Gasteiger charge is -2.43. The zero-order valence-electron chi connectivity index (χ0n) is 16.2. The SMILES string of the molecule is CCOc1ccc(C2(O)CC3CCC(C2)N3C(=O)OCc2ccccc2)cc1. The molecular formula is C23H27NO4. The molecule has 2 aliphatic rings. The molecule has 2 aliphatic heterocycles. The summed E-state index contributed by atoms with van der Waals surface area (Å²) in [6.07, 6.45) is 2.62. The molecule has 2 unspecified atom stereocenters. The summed E-state index contributed by atoms with van der Waals surface area (Å²) in [5, 5.41) is 11.3. The fourth-order valence-corrected chi connectivity index (χ4v) is 4.58. The van der Waals surface area contributed by atoms with Crippen molar-refractivity contribution in [1.82, 2.24) is 4.90 Å². The van der Waals surface area contributed by atoms with Crippen LogP contribution in [0.5, 0.6) is 5.75 Å². The van der Waals surface area contributed by atoms with Crippen molar-refractivity contribution < 1.29 is 19.4 Å². The molecule has 0 aromatic heterocycles. The molecule has 1 N–H and O–H groups in total. The molecule has 28 heavy (non-hydrogen) atoms. The molecule has 2 aromatic rings. The van der Waals surface area contributed by atoms with Crippen LogP contribution in [0, 0.1) is 0 Å². The number of rotatable bonds is 5. The zero-order chi connectivity index (χ0) is 19.6. The smallest absolute Gasteiger partial charge is 0.410 e. The van der Waals surface area contributed by atoms with Crippen molar-refractivity contribution in [2.24, 2.45) is 0 Å². The highest BCUT2D eigenvalue weighted by molar-refractivity contribution is 5.69. The molecule has 2 bridgehead atoms. The zero-order valence-corrected chi connectivity index (χ0v) is 16.2. The maximum Gasteiger partial charge on any atom is 0.410 e. The van der Waals surface area contributed by atoms with Gasteiger partial charge in [-0.3, -0.25) is 0 Å². The molecule has 1 amide bonds. The van der Waals surface area contributed by atoms with Gasteiger partial charge in [-0.2, -0.15) is 0 Å². The van der Waals surface area contributed by atoms with Crippen molar-refractivity contribution in [2.75, 3.05) is 6.61 Å². The number of carbonyl (C=O) groups excluding carboxylic acids is 1. The molecule has 5 nitrogen and oxygen atoms in total. The minimum absolute atomic E-state index is 0.0126. The van der Waals surface area contributed by atoms with Crippen LogP contribution in [0.2, 0.25) is 0 Å². The van der Waals surface area contributed by atoms with Crippen molar-refractivity contribution in [3.8, 4) is 5.75 Å². The maximum absolute atomic E-state index is 12.7. The summed E-state index contributed by atoms with van der Waals surface area (Å²) in [5.41, 5.74) is 0.962. The van der Waals surface area contributed by atoms with E-state index < -0.39 is 5.60 Å². The number of piperidine rings is 1. The van der Waals surface area contributed by atoms with E-state index in [2.05, 4.69) is 0 Å². The Morgan fingerprint density at radius 3 is 2.32 bits per heavy atom. The fraction of sp³-hybridized carbons (Fsp3) is 0.435. The molecule has 0 spiro atoms. The maximum atomic E-state index is 12.7. The summed E-state index contributed by atoms with van der Waals surface area (Å²) in [6.45, 7) is 2.85. The number of amides is 1. The molecule has 2 aromatic carbocycles. The minimum atomic E-state index is -0.910. The summed E-state index contributed by atoms with van der Waals surface area (Å²) in [6, 6.07) is 17.4. The first-order valence-electron chi connectivity index (χ1n) is 10.0. The third kappa shape index (κ3) is 3.72. The quantitative estimate of drug-likeness (QED) is 0.842. The molecule has 0 aliphatic carbocycles. The van der Waals surface area contributed by atoms with Crippen LogP contribution in [0.4, 0.5) is 4.79 Å². The fourth-order valence-electron chi connectivity index (χ4n) is 4.58. The van der Waals surface area contributed by atoms with Crippen molar-refractivity contribution in [3.05, 3.63) is 65.7 Å². The van der Waals surface area contributed by atoms with Gasteiger partial charge in [0.05, 0.1) is 12.2 Å². The number of nitrogens with zero attached hydrogens (tertiary/aromatic N) is 1. The number of carbonyl (C=O) groups is 1. The number of ether oxygens (including phenoxy) is 2. The van der Waals surface area contributed by atoms with E-state index in [1.807, 2.05) is 66.4 Å². The minimum Gasteiger partial charge on any atom is -0.494 e. The van der Waals surface area contributed by atoms with Crippen molar-refractivity contribution in [2.45, 2.75) is 56.9 Å². The van der Waals surface area contributed by atoms with Crippen LogP contribution in [-0.4, -0.2) is 34.8 Å². The average Bonchev–Trinajstić information content (AvgIpc) is 3.00. The van der Waals surface area contributed by atoms with Crippen LogP contribution in [0.25, 0.3) is 0 Å². The van der Waals surface area contributed by atoms with Crippen molar-refractivity contribution in [1.29, 1.82) is 0 Å². The molecule has 2 fully saturated rings. The average molecular weight is 381 g/mol. The van der Waals surface area contributed by atoms with Crippen LogP contribution in [0.15, 0.2) is 54.6 Å². The van der Waals surface area contributed by atoms with Gasteiger partial charge in [0.25, 0.3) is 0 Å². The van der Waals surface area contributed by atoms with Gasteiger partial charge >= 0.3 is 6.09 Å². The first kappa shape index (κ1) is 18.8. The van der Waals surface area contributed by atoms with E-state index in [4.69, 9.17) is 9.47 Å². The summed E-state index contributed by atoms with van der Waals surface area (Å²) in [4.78, 5) is 14.6. The highest BCUT2D eigenvalue weighted by atomic mass is 16.6. The standard InChI is InChI=1S/C23H27NO4/c1-2-27-21-12-8-18(9-13-21)23(26)14-19-10-11-20(15-23)24(19)22(25)28-16-17-6-4-3-5-7-17/h3-9,12-13,19-20,26H,2,10-11,14-16H2,1H3. The Kier molecular flexibility index (Phi) is 5.27. The van der Waals surface area contributed by atoms with Gasteiger partial charge < -0.3 is 19.5 Å². The van der Waals surface area contributed by atoms with Gasteiger partial charge in [0.1, 0.15) is 12.4 Å². The van der Waals surface area contributed by atoms with E-state index in [9.17, 15) is 9.90 Å². The first-order valence-corrected chi connectivity index (χ1v) is 10.0. The summed E-state index contributed by atoms with van der Waals surface area (Å²) in [7, 11) is 0. The van der Waals surface area contributed by atoms with Crippen LogP contribution in [0.3, 0.4) is 0 Å². The lowest BCUT2D eigenvalue weighted by Crippen LogP contribution is -2.52. The van der Waals surface area contributed by atoms with Crippen LogP contribution < -0.4 is 4.74 Å². The molecule has 2 saturated heterocycles. The Bertz CT molecular complexity index is 791. The van der Waals surface area contributed by atoms with Gasteiger partial charge in [0, 0.05) is 24.9 Å². The number of fused-ring (bicyclic) bond motifs is 2. The second kappa shape index (κ2) is 7.84. The van der Waals surface area contributed by atoms with Gasteiger partial charge in [-0.1, -0.05) is 42.5 Å². The summed E-state index contributed by atoms with van der Waals surface area (Å²) in [5.74, 6) is 0.805. The topological polar surface area (TPSA) is 59.0 Å². The summed E-state index contributed by atoms with van der Waals surface area (Å²) >= 11 is 0. The third-order valence-corrected chi connectivity index (χ3v) is 5.89. The van der Waals surface area contributed by atoms with Crippen molar-refractivity contribution >= 4 is 6.09 Å². The number of aliphatic hydroxyl groups is 1. The van der Waals surface area contributed by atoms with Crippen molar-refractivity contribution in [3.63, 3.8) is 0 Å². The Balaban J connectivity index is 1.42. The second-order valence-electron chi connectivity index (χ2n) is 7.73.